The predicted octanol–water partition coefficient (Wildman–Crippen LogP) is 2.77. The normalized spacial score (nSPS) is 10.5. The van der Waals surface area contributed by atoms with Crippen LogP contribution in [0.2, 0.25) is 0 Å². The minimum Gasteiger partial charge on any atom is -0.361 e. The second kappa shape index (κ2) is 6.39. The third kappa shape index (κ3) is 4.05. The topological polar surface area (TPSA) is 58.4 Å². The van der Waals surface area contributed by atoms with Gasteiger partial charge in [0.05, 0.1) is 6.54 Å². The van der Waals surface area contributed by atoms with Crippen molar-refractivity contribution in [3.8, 4) is 0 Å². The fourth-order valence-electron chi connectivity index (χ4n) is 1.87. The van der Waals surface area contributed by atoms with E-state index in [-0.39, 0.29) is 18.4 Å². The Kier molecular flexibility index (Phi) is 4.57. The lowest BCUT2D eigenvalue weighted by atomic mass is 10.1. The Bertz CT molecular complexity index is 640. The van der Waals surface area contributed by atoms with Crippen molar-refractivity contribution in [2.24, 2.45) is 0 Å². The lowest BCUT2D eigenvalue weighted by Crippen LogP contribution is -2.36. The summed E-state index contributed by atoms with van der Waals surface area (Å²) in [6, 6.07) is 6.44. The molecule has 2 rings (SSSR count). The van der Waals surface area contributed by atoms with Crippen LogP contribution in [-0.4, -0.2) is 23.1 Å². The van der Waals surface area contributed by atoms with Gasteiger partial charge in [-0.1, -0.05) is 17.3 Å². The van der Waals surface area contributed by atoms with Crippen LogP contribution in [0, 0.1) is 19.7 Å². The Balaban J connectivity index is 1.87. The predicted molar refractivity (Wildman–Crippen MR) is 76.1 cm³/mol. The van der Waals surface area contributed by atoms with E-state index in [1.807, 2.05) is 0 Å². The Morgan fingerprint density at radius 3 is 2.76 bits per heavy atom. The molecule has 2 amide bonds. The summed E-state index contributed by atoms with van der Waals surface area (Å²) in [5.74, 6) is 0.433. The Morgan fingerprint density at radius 1 is 1.38 bits per heavy atom. The van der Waals surface area contributed by atoms with Gasteiger partial charge in [-0.2, -0.15) is 0 Å². The van der Waals surface area contributed by atoms with Gasteiger partial charge in [0.15, 0.2) is 0 Å². The second-order valence-corrected chi connectivity index (χ2v) is 5.03. The Morgan fingerprint density at radius 2 is 2.14 bits per heavy atom. The largest absolute Gasteiger partial charge is 0.361 e. The summed E-state index contributed by atoms with van der Waals surface area (Å²) in [5.41, 5.74) is 1.99. The summed E-state index contributed by atoms with van der Waals surface area (Å²) in [6.07, 6.45) is 0. The zero-order chi connectivity index (χ0) is 15.4. The number of nitrogens with zero attached hydrogens (tertiary/aromatic N) is 2. The van der Waals surface area contributed by atoms with E-state index >= 15 is 0 Å². The van der Waals surface area contributed by atoms with E-state index in [0.717, 1.165) is 5.56 Å². The summed E-state index contributed by atoms with van der Waals surface area (Å²) < 4.78 is 18.4. The molecule has 0 aliphatic rings. The van der Waals surface area contributed by atoms with Crippen LogP contribution < -0.4 is 5.32 Å². The van der Waals surface area contributed by atoms with Crippen molar-refractivity contribution in [3.05, 3.63) is 52.7 Å². The van der Waals surface area contributed by atoms with Crippen LogP contribution >= 0.6 is 0 Å². The number of aryl methyl sites for hydroxylation is 2. The maximum atomic E-state index is 13.4. The number of nitrogens with one attached hydrogen (secondary N) is 1. The quantitative estimate of drug-likeness (QED) is 0.942. The van der Waals surface area contributed by atoms with Crippen molar-refractivity contribution in [2.75, 3.05) is 7.05 Å². The van der Waals surface area contributed by atoms with Gasteiger partial charge in [-0.25, -0.2) is 9.18 Å². The first-order valence-corrected chi connectivity index (χ1v) is 6.62. The minimum atomic E-state index is -0.270. The van der Waals surface area contributed by atoms with Gasteiger partial charge in [-0.15, -0.1) is 0 Å². The Hall–Kier alpha value is -2.37. The van der Waals surface area contributed by atoms with E-state index < -0.39 is 0 Å². The van der Waals surface area contributed by atoms with Crippen molar-refractivity contribution >= 4 is 6.03 Å². The van der Waals surface area contributed by atoms with Gasteiger partial charge in [0.25, 0.3) is 0 Å². The maximum absolute atomic E-state index is 13.4. The van der Waals surface area contributed by atoms with Gasteiger partial charge in [0, 0.05) is 19.7 Å². The first-order chi connectivity index (χ1) is 9.95. The van der Waals surface area contributed by atoms with Crippen LogP contribution in [0.15, 0.2) is 28.8 Å². The SMILES string of the molecule is Cc1cc(CN(C)C(=O)NCc2ccc(C)c(F)c2)no1. The van der Waals surface area contributed by atoms with Crippen LogP contribution in [-0.2, 0) is 13.1 Å². The number of rotatable bonds is 4. The minimum absolute atomic E-state index is 0.253. The number of benzene rings is 1. The highest BCUT2D eigenvalue weighted by molar-refractivity contribution is 5.73. The molecule has 0 saturated carbocycles. The number of carbonyl (C=O) groups is 1. The van der Waals surface area contributed by atoms with Crippen molar-refractivity contribution in [1.82, 2.24) is 15.4 Å². The molecule has 21 heavy (non-hydrogen) atoms. The highest BCUT2D eigenvalue weighted by atomic mass is 19.1. The number of halogens is 1. The van der Waals surface area contributed by atoms with Gasteiger partial charge < -0.3 is 14.7 Å². The zero-order valence-electron chi connectivity index (χ0n) is 12.3. The summed E-state index contributed by atoms with van der Waals surface area (Å²) in [5, 5.41) is 6.57. The first-order valence-electron chi connectivity index (χ1n) is 6.62. The van der Waals surface area contributed by atoms with Crippen LogP contribution in [0.1, 0.15) is 22.6 Å². The number of amides is 2. The van der Waals surface area contributed by atoms with Gasteiger partial charge in [-0.3, -0.25) is 0 Å². The summed E-state index contributed by atoms with van der Waals surface area (Å²) in [6.45, 7) is 4.12. The second-order valence-electron chi connectivity index (χ2n) is 5.03. The summed E-state index contributed by atoms with van der Waals surface area (Å²) in [7, 11) is 1.66. The van der Waals surface area contributed by atoms with Crippen LogP contribution in [0.4, 0.5) is 9.18 Å². The molecule has 0 radical (unpaired) electrons. The van der Waals surface area contributed by atoms with Crippen LogP contribution in [0.5, 0.6) is 0 Å². The molecular weight excluding hydrogens is 273 g/mol. The van der Waals surface area contributed by atoms with Crippen molar-refractivity contribution in [2.45, 2.75) is 26.9 Å². The van der Waals surface area contributed by atoms with Gasteiger partial charge >= 0.3 is 6.03 Å². The zero-order valence-corrected chi connectivity index (χ0v) is 12.3. The highest BCUT2D eigenvalue weighted by Crippen LogP contribution is 2.09. The lowest BCUT2D eigenvalue weighted by Gasteiger charge is -2.16. The molecular formula is C15H18FN3O2. The van der Waals surface area contributed by atoms with E-state index in [9.17, 15) is 9.18 Å². The molecule has 5 nitrogen and oxygen atoms in total. The molecule has 0 atom stereocenters. The standard InChI is InChI=1S/C15H18FN3O2/c1-10-4-5-12(7-14(10)16)8-17-15(20)19(3)9-13-6-11(2)21-18-13/h4-7H,8-9H2,1-3H3,(H,17,20). The number of hydrogen-bond donors (Lipinski definition) is 1. The molecule has 112 valence electrons. The first kappa shape index (κ1) is 15.0. The van der Waals surface area contributed by atoms with E-state index in [0.29, 0.717) is 23.6 Å². The summed E-state index contributed by atoms with van der Waals surface area (Å²) in [4.78, 5) is 13.4. The molecule has 6 heteroatoms. The van der Waals surface area contributed by atoms with Crippen LogP contribution in [0.25, 0.3) is 0 Å². The molecule has 0 fully saturated rings. The van der Waals surface area contributed by atoms with Crippen LogP contribution in [0.3, 0.4) is 0 Å². The molecule has 1 aromatic heterocycles. The molecule has 0 unspecified atom stereocenters. The lowest BCUT2D eigenvalue weighted by molar-refractivity contribution is 0.205. The summed E-state index contributed by atoms with van der Waals surface area (Å²) >= 11 is 0. The molecule has 0 aliphatic carbocycles. The number of urea groups is 1. The van der Waals surface area contributed by atoms with Gasteiger partial charge in [0.2, 0.25) is 0 Å². The molecule has 1 N–H and O–H groups in total. The molecule has 0 spiro atoms. The smallest absolute Gasteiger partial charge is 0.317 e. The molecule has 0 saturated heterocycles. The van der Waals surface area contributed by atoms with Crippen molar-refractivity contribution < 1.29 is 13.7 Å². The monoisotopic (exact) mass is 291 g/mol. The average molecular weight is 291 g/mol. The number of hydrogen-bond acceptors (Lipinski definition) is 3. The Labute approximate surface area is 122 Å². The molecule has 0 bridgehead atoms. The molecule has 0 aliphatic heterocycles. The number of aromatic nitrogens is 1. The molecule has 2 aromatic rings. The van der Waals surface area contributed by atoms with Crippen molar-refractivity contribution in [1.29, 1.82) is 0 Å². The van der Waals surface area contributed by atoms with E-state index in [2.05, 4.69) is 10.5 Å². The molecule has 1 heterocycles. The third-order valence-corrected chi connectivity index (χ3v) is 3.10. The van der Waals surface area contributed by atoms with Crippen molar-refractivity contribution in [3.63, 3.8) is 0 Å². The van der Waals surface area contributed by atoms with E-state index in [1.54, 1.807) is 39.1 Å². The van der Waals surface area contributed by atoms with Gasteiger partial charge in [0.1, 0.15) is 17.3 Å². The van der Waals surface area contributed by atoms with Gasteiger partial charge in [-0.05, 0) is 31.0 Å². The average Bonchev–Trinajstić information content (AvgIpc) is 2.85. The fraction of sp³-hybridized carbons (Fsp3) is 0.333. The van der Waals surface area contributed by atoms with E-state index in [4.69, 9.17) is 4.52 Å². The highest BCUT2D eigenvalue weighted by Gasteiger charge is 2.11. The maximum Gasteiger partial charge on any atom is 0.317 e. The fourth-order valence-corrected chi connectivity index (χ4v) is 1.87. The molecule has 1 aromatic carbocycles. The van der Waals surface area contributed by atoms with E-state index in [1.165, 1.54) is 11.0 Å². The third-order valence-electron chi connectivity index (χ3n) is 3.10. The number of carbonyl (C=O) groups excluding carboxylic acids is 1.